The van der Waals surface area contributed by atoms with Crippen molar-refractivity contribution in [1.82, 2.24) is 5.32 Å². The van der Waals surface area contributed by atoms with Crippen LogP contribution in [0.15, 0.2) is 4.99 Å². The minimum absolute atomic E-state index is 0.241. The zero-order chi connectivity index (χ0) is 9.14. The molecule has 0 aliphatic carbocycles. The number of rotatable bonds is 2. The fourth-order valence-corrected chi connectivity index (χ4v) is 1.08. The second kappa shape index (κ2) is 3.56. The molecule has 1 aliphatic rings. The van der Waals surface area contributed by atoms with Gasteiger partial charge in [0.05, 0.1) is 19.5 Å². The van der Waals surface area contributed by atoms with Gasteiger partial charge in [-0.15, -0.1) is 0 Å². The van der Waals surface area contributed by atoms with Gasteiger partial charge in [0.15, 0.2) is 0 Å². The SMILES string of the molecule is COC(=O)C1CN=C(C(C)C)N1. The van der Waals surface area contributed by atoms with Gasteiger partial charge in [0.25, 0.3) is 0 Å². The van der Waals surface area contributed by atoms with Gasteiger partial charge in [0, 0.05) is 5.92 Å². The predicted octanol–water partition coefficient (Wildman–Crippen LogP) is 0.186. The fraction of sp³-hybridized carbons (Fsp3) is 0.750. The molecule has 1 aliphatic heterocycles. The first-order chi connectivity index (χ1) is 5.65. The number of ether oxygens (including phenoxy) is 1. The van der Waals surface area contributed by atoms with Crippen molar-refractivity contribution in [2.75, 3.05) is 13.7 Å². The number of hydrogen-bond acceptors (Lipinski definition) is 4. The van der Waals surface area contributed by atoms with Crippen molar-refractivity contribution in [1.29, 1.82) is 0 Å². The van der Waals surface area contributed by atoms with E-state index in [9.17, 15) is 4.79 Å². The van der Waals surface area contributed by atoms with Crippen LogP contribution in [0.2, 0.25) is 0 Å². The normalized spacial score (nSPS) is 22.0. The summed E-state index contributed by atoms with van der Waals surface area (Å²) in [5, 5.41) is 3.02. The molecular weight excluding hydrogens is 156 g/mol. The van der Waals surface area contributed by atoms with E-state index in [1.165, 1.54) is 7.11 Å². The van der Waals surface area contributed by atoms with Crippen LogP contribution in [0.5, 0.6) is 0 Å². The molecule has 4 heteroatoms. The lowest BCUT2D eigenvalue weighted by atomic mass is 10.2. The molecule has 0 aromatic rings. The molecular formula is C8H14N2O2. The van der Waals surface area contributed by atoms with Crippen molar-refractivity contribution < 1.29 is 9.53 Å². The largest absolute Gasteiger partial charge is 0.467 e. The van der Waals surface area contributed by atoms with Gasteiger partial charge >= 0.3 is 5.97 Å². The standard InChI is InChI=1S/C8H14N2O2/c1-5(2)7-9-4-6(10-7)8(11)12-3/h5-6H,4H2,1-3H3,(H,9,10). The first-order valence-electron chi connectivity index (χ1n) is 4.04. The Balaban J connectivity index is 2.47. The summed E-state index contributed by atoms with van der Waals surface area (Å²) in [6.45, 7) is 4.57. The Hall–Kier alpha value is -1.06. The molecule has 0 fully saturated rings. The van der Waals surface area contributed by atoms with E-state index >= 15 is 0 Å². The number of hydrogen-bond donors (Lipinski definition) is 1. The Labute approximate surface area is 72.0 Å². The summed E-state index contributed by atoms with van der Waals surface area (Å²) in [7, 11) is 1.39. The minimum Gasteiger partial charge on any atom is -0.467 e. The molecule has 12 heavy (non-hydrogen) atoms. The van der Waals surface area contributed by atoms with Crippen molar-refractivity contribution in [2.45, 2.75) is 19.9 Å². The van der Waals surface area contributed by atoms with Crippen LogP contribution in [0.25, 0.3) is 0 Å². The molecule has 1 N–H and O–H groups in total. The number of aliphatic imine (C=N–C) groups is 1. The summed E-state index contributed by atoms with van der Waals surface area (Å²) in [6, 6.07) is -0.271. The number of carbonyl (C=O) groups is 1. The first-order valence-corrected chi connectivity index (χ1v) is 4.04. The molecule has 0 radical (unpaired) electrons. The topological polar surface area (TPSA) is 50.7 Å². The summed E-state index contributed by atoms with van der Waals surface area (Å²) in [5.41, 5.74) is 0. The maximum atomic E-state index is 11.0. The van der Waals surface area contributed by atoms with Gasteiger partial charge in [-0.25, -0.2) is 4.79 Å². The van der Waals surface area contributed by atoms with Gasteiger partial charge in [-0.2, -0.15) is 0 Å². The minimum atomic E-state index is -0.271. The number of nitrogens with zero attached hydrogens (tertiary/aromatic N) is 1. The smallest absolute Gasteiger partial charge is 0.330 e. The van der Waals surface area contributed by atoms with Crippen LogP contribution in [0, 0.1) is 5.92 Å². The molecule has 1 unspecified atom stereocenters. The Morgan fingerprint density at radius 1 is 1.75 bits per heavy atom. The summed E-state index contributed by atoms with van der Waals surface area (Å²) in [5.74, 6) is 0.999. The number of methoxy groups -OCH3 is 1. The molecule has 4 nitrogen and oxygen atoms in total. The highest BCUT2D eigenvalue weighted by molar-refractivity contribution is 5.91. The monoisotopic (exact) mass is 170 g/mol. The van der Waals surface area contributed by atoms with Gasteiger partial charge in [-0.3, -0.25) is 4.99 Å². The Bertz CT molecular complexity index is 211. The molecule has 68 valence electrons. The van der Waals surface area contributed by atoms with Gasteiger partial charge in [0.2, 0.25) is 0 Å². The van der Waals surface area contributed by atoms with Gasteiger partial charge in [-0.1, -0.05) is 13.8 Å². The number of nitrogens with one attached hydrogen (secondary N) is 1. The first kappa shape index (κ1) is 9.03. The van der Waals surface area contributed by atoms with Crippen molar-refractivity contribution >= 4 is 11.8 Å². The van der Waals surface area contributed by atoms with Crippen LogP contribution >= 0.6 is 0 Å². The summed E-state index contributed by atoms with van der Waals surface area (Å²) < 4.78 is 4.59. The summed E-state index contributed by atoms with van der Waals surface area (Å²) in [6.07, 6.45) is 0. The molecule has 0 amide bonds. The second-order valence-electron chi connectivity index (χ2n) is 3.10. The lowest BCUT2D eigenvalue weighted by Gasteiger charge is -2.10. The van der Waals surface area contributed by atoms with E-state index in [0.717, 1.165) is 5.84 Å². The quantitative estimate of drug-likeness (QED) is 0.602. The van der Waals surface area contributed by atoms with Gasteiger partial charge < -0.3 is 10.1 Å². The van der Waals surface area contributed by atoms with E-state index in [2.05, 4.69) is 15.0 Å². The highest BCUT2D eigenvalue weighted by Crippen LogP contribution is 2.04. The van der Waals surface area contributed by atoms with E-state index in [4.69, 9.17) is 0 Å². The highest BCUT2D eigenvalue weighted by Gasteiger charge is 2.25. The van der Waals surface area contributed by atoms with Crippen LogP contribution in [0.1, 0.15) is 13.8 Å². The summed E-state index contributed by atoms with van der Waals surface area (Å²) >= 11 is 0. The van der Waals surface area contributed by atoms with Crippen LogP contribution in [0.3, 0.4) is 0 Å². The maximum Gasteiger partial charge on any atom is 0.330 e. The average Bonchev–Trinajstić information content (AvgIpc) is 2.51. The Morgan fingerprint density at radius 2 is 2.42 bits per heavy atom. The van der Waals surface area contributed by atoms with Crippen LogP contribution in [-0.4, -0.2) is 31.5 Å². The summed E-state index contributed by atoms with van der Waals surface area (Å²) in [4.78, 5) is 15.2. The molecule has 0 spiro atoms. The van der Waals surface area contributed by atoms with Crippen molar-refractivity contribution in [3.63, 3.8) is 0 Å². The molecule has 0 bridgehead atoms. The average molecular weight is 170 g/mol. The third kappa shape index (κ3) is 1.75. The van der Waals surface area contributed by atoms with Crippen molar-refractivity contribution in [3.05, 3.63) is 0 Å². The van der Waals surface area contributed by atoms with Crippen LogP contribution in [-0.2, 0) is 9.53 Å². The molecule has 0 aromatic heterocycles. The zero-order valence-electron chi connectivity index (χ0n) is 7.63. The van der Waals surface area contributed by atoms with Crippen molar-refractivity contribution in [3.8, 4) is 0 Å². The van der Waals surface area contributed by atoms with Crippen LogP contribution in [0.4, 0.5) is 0 Å². The number of esters is 1. The van der Waals surface area contributed by atoms with E-state index < -0.39 is 0 Å². The van der Waals surface area contributed by atoms with E-state index in [0.29, 0.717) is 12.5 Å². The fourth-order valence-electron chi connectivity index (χ4n) is 1.08. The molecule has 0 saturated heterocycles. The van der Waals surface area contributed by atoms with Crippen LogP contribution < -0.4 is 5.32 Å². The van der Waals surface area contributed by atoms with E-state index in [-0.39, 0.29) is 12.0 Å². The lowest BCUT2D eigenvalue weighted by molar-refractivity contribution is -0.142. The number of amidine groups is 1. The molecule has 1 atom stereocenters. The third-order valence-corrected chi connectivity index (χ3v) is 1.80. The van der Waals surface area contributed by atoms with E-state index in [1.807, 2.05) is 13.8 Å². The van der Waals surface area contributed by atoms with Crippen molar-refractivity contribution in [2.24, 2.45) is 10.9 Å². The number of carbonyl (C=O) groups excluding carboxylic acids is 1. The third-order valence-electron chi connectivity index (χ3n) is 1.80. The predicted molar refractivity (Wildman–Crippen MR) is 46.1 cm³/mol. The van der Waals surface area contributed by atoms with Gasteiger partial charge in [0.1, 0.15) is 6.04 Å². The molecule has 0 aromatic carbocycles. The Morgan fingerprint density at radius 3 is 2.83 bits per heavy atom. The molecule has 1 rings (SSSR count). The highest BCUT2D eigenvalue weighted by atomic mass is 16.5. The maximum absolute atomic E-state index is 11.0. The molecule has 1 heterocycles. The molecule has 0 saturated carbocycles. The van der Waals surface area contributed by atoms with E-state index in [1.54, 1.807) is 0 Å². The van der Waals surface area contributed by atoms with Gasteiger partial charge in [-0.05, 0) is 0 Å². The lowest BCUT2D eigenvalue weighted by Crippen LogP contribution is -2.39. The zero-order valence-corrected chi connectivity index (χ0v) is 7.63. The second-order valence-corrected chi connectivity index (χ2v) is 3.10. The Kier molecular flexibility index (Phi) is 2.68.